The molecule has 13 heavy (non-hydrogen) atoms. The van der Waals surface area contributed by atoms with Crippen LogP contribution in [0.3, 0.4) is 0 Å². The Balaban J connectivity index is 0. The van der Waals surface area contributed by atoms with Gasteiger partial charge < -0.3 is 10.2 Å². The first-order chi connectivity index (χ1) is 5.99. The fourth-order valence-corrected chi connectivity index (χ4v) is 0.582. The van der Waals surface area contributed by atoms with Crippen LogP contribution in [0.5, 0.6) is 0 Å². The van der Waals surface area contributed by atoms with Crippen molar-refractivity contribution in [2.75, 3.05) is 6.61 Å². The van der Waals surface area contributed by atoms with Gasteiger partial charge in [0.1, 0.15) is 0 Å². The van der Waals surface area contributed by atoms with Crippen molar-refractivity contribution in [2.45, 2.75) is 53.6 Å². The molecule has 0 rings (SSSR count). The maximum absolute atomic E-state index is 8.64. The van der Waals surface area contributed by atoms with Crippen molar-refractivity contribution in [3.8, 4) is 0 Å². The predicted molar refractivity (Wildman–Crippen MR) is 57.7 cm³/mol. The minimum atomic E-state index is -0.116. The number of aliphatic hydroxyl groups excluding tert-OH is 2. The highest BCUT2D eigenvalue weighted by Crippen LogP contribution is 2.12. The molecule has 2 heteroatoms. The molecule has 0 aromatic heterocycles. The van der Waals surface area contributed by atoms with E-state index in [2.05, 4.69) is 20.8 Å². The van der Waals surface area contributed by atoms with Gasteiger partial charge in [0, 0.05) is 6.61 Å². The first-order valence-electron chi connectivity index (χ1n) is 5.28. The zero-order valence-electron chi connectivity index (χ0n) is 9.75. The first kappa shape index (κ1) is 15.4. The molecule has 0 radical (unpaired) electrons. The Hall–Kier alpha value is -0.0800. The summed E-state index contributed by atoms with van der Waals surface area (Å²) in [4.78, 5) is 0. The van der Waals surface area contributed by atoms with E-state index in [1.165, 1.54) is 6.42 Å². The molecule has 0 aromatic rings. The lowest BCUT2D eigenvalue weighted by atomic mass is 9.95. The number of rotatable bonds is 4. The largest absolute Gasteiger partial charge is 0.396 e. The van der Waals surface area contributed by atoms with Crippen molar-refractivity contribution in [3.63, 3.8) is 0 Å². The Bertz CT molecular complexity index is 84.1. The van der Waals surface area contributed by atoms with Gasteiger partial charge >= 0.3 is 0 Å². The quantitative estimate of drug-likeness (QED) is 0.715. The van der Waals surface area contributed by atoms with Crippen molar-refractivity contribution in [2.24, 2.45) is 11.8 Å². The van der Waals surface area contributed by atoms with Gasteiger partial charge in [-0.2, -0.15) is 0 Å². The molecular formula is C11H26O2. The van der Waals surface area contributed by atoms with Crippen LogP contribution in [-0.2, 0) is 0 Å². The fraction of sp³-hybridized carbons (Fsp3) is 1.00. The zero-order valence-corrected chi connectivity index (χ0v) is 9.75. The Morgan fingerprint density at radius 3 is 1.38 bits per heavy atom. The van der Waals surface area contributed by atoms with Crippen LogP contribution >= 0.6 is 0 Å². The number of aliphatic hydroxyl groups is 2. The third-order valence-electron chi connectivity index (χ3n) is 2.49. The maximum Gasteiger partial charge on any atom is 0.0509 e. The summed E-state index contributed by atoms with van der Waals surface area (Å²) >= 11 is 0. The highest BCUT2D eigenvalue weighted by molar-refractivity contribution is 4.56. The molecule has 0 aliphatic carbocycles. The summed E-state index contributed by atoms with van der Waals surface area (Å²) in [7, 11) is 0. The molecule has 82 valence electrons. The van der Waals surface area contributed by atoms with Gasteiger partial charge in [-0.25, -0.2) is 0 Å². The molecule has 0 bridgehead atoms. The van der Waals surface area contributed by atoms with E-state index in [9.17, 15) is 0 Å². The second-order valence-electron chi connectivity index (χ2n) is 3.80. The Morgan fingerprint density at radius 1 is 0.923 bits per heavy atom. The third-order valence-corrected chi connectivity index (χ3v) is 2.49. The predicted octanol–water partition coefficient (Wildman–Crippen LogP) is 2.44. The van der Waals surface area contributed by atoms with Crippen LogP contribution in [0.25, 0.3) is 0 Å². The van der Waals surface area contributed by atoms with Crippen molar-refractivity contribution >= 4 is 0 Å². The van der Waals surface area contributed by atoms with E-state index in [0.29, 0.717) is 18.4 Å². The molecule has 0 saturated heterocycles. The van der Waals surface area contributed by atoms with E-state index in [1.807, 2.05) is 6.92 Å². The molecule has 3 atom stereocenters. The summed E-state index contributed by atoms with van der Waals surface area (Å²) in [5.74, 6) is 1.14. The fourth-order valence-electron chi connectivity index (χ4n) is 0.582. The maximum atomic E-state index is 8.64. The topological polar surface area (TPSA) is 40.5 Å². The van der Waals surface area contributed by atoms with E-state index in [-0.39, 0.29) is 6.10 Å². The normalized spacial score (nSPS) is 16.8. The molecule has 0 aromatic carbocycles. The standard InChI is InChI=1S/C7H16O.C4H10O/c1-4-6(2)7(3)5-8;1-3-4(2)5/h6-8H,4-5H2,1-3H3;4-5H,3H2,1-2H3. The lowest BCUT2D eigenvalue weighted by Crippen LogP contribution is -2.10. The Morgan fingerprint density at radius 2 is 1.31 bits per heavy atom. The summed E-state index contributed by atoms with van der Waals surface area (Å²) in [5, 5.41) is 17.0. The highest BCUT2D eigenvalue weighted by atomic mass is 16.3. The lowest BCUT2D eigenvalue weighted by Gasteiger charge is -2.13. The summed E-state index contributed by atoms with van der Waals surface area (Å²) in [6.07, 6.45) is 1.91. The van der Waals surface area contributed by atoms with Gasteiger partial charge in [0.15, 0.2) is 0 Å². The second-order valence-corrected chi connectivity index (χ2v) is 3.80. The minimum Gasteiger partial charge on any atom is -0.396 e. The van der Waals surface area contributed by atoms with E-state index in [1.54, 1.807) is 6.92 Å². The lowest BCUT2D eigenvalue weighted by molar-refractivity contribution is 0.191. The average molecular weight is 190 g/mol. The Labute approximate surface area is 83.0 Å². The van der Waals surface area contributed by atoms with Gasteiger partial charge in [0.2, 0.25) is 0 Å². The van der Waals surface area contributed by atoms with Crippen LogP contribution < -0.4 is 0 Å². The molecule has 3 unspecified atom stereocenters. The highest BCUT2D eigenvalue weighted by Gasteiger charge is 2.06. The van der Waals surface area contributed by atoms with E-state index in [4.69, 9.17) is 10.2 Å². The van der Waals surface area contributed by atoms with Gasteiger partial charge in [0.25, 0.3) is 0 Å². The van der Waals surface area contributed by atoms with Crippen molar-refractivity contribution in [3.05, 3.63) is 0 Å². The summed E-state index contributed by atoms with van der Waals surface area (Å²) < 4.78 is 0. The van der Waals surface area contributed by atoms with E-state index in [0.717, 1.165) is 6.42 Å². The van der Waals surface area contributed by atoms with Crippen LogP contribution in [0.2, 0.25) is 0 Å². The van der Waals surface area contributed by atoms with Crippen LogP contribution in [0.15, 0.2) is 0 Å². The monoisotopic (exact) mass is 190 g/mol. The van der Waals surface area contributed by atoms with Gasteiger partial charge in [-0.15, -0.1) is 0 Å². The Kier molecular flexibility index (Phi) is 11.8. The van der Waals surface area contributed by atoms with Crippen LogP contribution in [0.1, 0.15) is 47.5 Å². The summed E-state index contributed by atoms with van der Waals surface area (Å²) in [6, 6.07) is 0. The van der Waals surface area contributed by atoms with Gasteiger partial charge in [0.05, 0.1) is 6.10 Å². The van der Waals surface area contributed by atoms with Gasteiger partial charge in [-0.3, -0.25) is 0 Å². The second kappa shape index (κ2) is 10.0. The molecule has 0 amide bonds. The molecule has 0 aliphatic heterocycles. The molecule has 0 spiro atoms. The van der Waals surface area contributed by atoms with Crippen molar-refractivity contribution in [1.82, 2.24) is 0 Å². The third kappa shape index (κ3) is 11.9. The molecule has 2 nitrogen and oxygen atoms in total. The number of hydrogen-bond donors (Lipinski definition) is 2. The van der Waals surface area contributed by atoms with Crippen LogP contribution in [-0.4, -0.2) is 22.9 Å². The number of hydrogen-bond acceptors (Lipinski definition) is 2. The molecule has 0 fully saturated rings. The SMILES string of the molecule is CCC(C)C(C)CO.CCC(C)O. The minimum absolute atomic E-state index is 0.116. The smallest absolute Gasteiger partial charge is 0.0509 e. The molecule has 0 heterocycles. The molecule has 2 N–H and O–H groups in total. The molecule has 0 aliphatic rings. The van der Waals surface area contributed by atoms with Gasteiger partial charge in [-0.1, -0.05) is 34.1 Å². The van der Waals surface area contributed by atoms with E-state index < -0.39 is 0 Å². The van der Waals surface area contributed by atoms with Crippen LogP contribution in [0.4, 0.5) is 0 Å². The van der Waals surface area contributed by atoms with Crippen LogP contribution in [0, 0.1) is 11.8 Å². The summed E-state index contributed by atoms with van der Waals surface area (Å²) in [6.45, 7) is 10.4. The van der Waals surface area contributed by atoms with Crippen molar-refractivity contribution < 1.29 is 10.2 Å². The molecular weight excluding hydrogens is 164 g/mol. The van der Waals surface area contributed by atoms with Gasteiger partial charge in [-0.05, 0) is 25.2 Å². The zero-order chi connectivity index (χ0) is 10.9. The summed E-state index contributed by atoms with van der Waals surface area (Å²) in [5.41, 5.74) is 0. The van der Waals surface area contributed by atoms with Crippen molar-refractivity contribution in [1.29, 1.82) is 0 Å². The molecule has 0 saturated carbocycles. The van der Waals surface area contributed by atoms with E-state index >= 15 is 0 Å². The average Bonchev–Trinajstić information content (AvgIpc) is 2.16. The first-order valence-corrected chi connectivity index (χ1v) is 5.28.